The van der Waals surface area contributed by atoms with Gasteiger partial charge in [0.05, 0.1) is 4.92 Å². The van der Waals surface area contributed by atoms with E-state index in [1.54, 1.807) is 0 Å². The molecule has 5 nitrogen and oxygen atoms in total. The molecule has 19 heavy (non-hydrogen) atoms. The smallest absolute Gasteiger partial charge is 0.305 e. The fraction of sp³-hybridized carbons (Fsp3) is 0.538. The van der Waals surface area contributed by atoms with Gasteiger partial charge in [-0.25, -0.2) is 0 Å². The standard InChI is InChI=1S/C13H19FN2O3/c1-13(2,6-7-17)9-15-8-10-4-3-5-11(12(10)14)16(18)19/h3-5,15,17H,6-9H2,1-2H3. The van der Waals surface area contributed by atoms with Gasteiger partial charge in [0.25, 0.3) is 0 Å². The van der Waals surface area contributed by atoms with Crippen molar-refractivity contribution >= 4 is 5.69 Å². The van der Waals surface area contributed by atoms with Crippen molar-refractivity contribution in [3.05, 3.63) is 39.7 Å². The van der Waals surface area contributed by atoms with Crippen LogP contribution in [0.5, 0.6) is 0 Å². The van der Waals surface area contributed by atoms with E-state index in [4.69, 9.17) is 5.11 Å². The fourth-order valence-corrected chi connectivity index (χ4v) is 1.77. The third-order valence-corrected chi connectivity index (χ3v) is 2.96. The van der Waals surface area contributed by atoms with Crippen molar-refractivity contribution in [2.75, 3.05) is 13.2 Å². The van der Waals surface area contributed by atoms with Gasteiger partial charge >= 0.3 is 5.69 Å². The molecule has 1 aromatic carbocycles. The molecule has 0 spiro atoms. The van der Waals surface area contributed by atoms with Gasteiger partial charge in [-0.1, -0.05) is 26.0 Å². The molecule has 0 heterocycles. The van der Waals surface area contributed by atoms with Gasteiger partial charge in [0, 0.05) is 31.3 Å². The summed E-state index contributed by atoms with van der Waals surface area (Å²) < 4.78 is 13.8. The molecule has 1 rings (SSSR count). The lowest BCUT2D eigenvalue weighted by Crippen LogP contribution is -2.30. The molecule has 0 unspecified atom stereocenters. The molecule has 0 atom stereocenters. The van der Waals surface area contributed by atoms with E-state index in [0.717, 1.165) is 6.07 Å². The van der Waals surface area contributed by atoms with Gasteiger partial charge in [-0.3, -0.25) is 10.1 Å². The van der Waals surface area contributed by atoms with Gasteiger partial charge in [0.1, 0.15) is 0 Å². The van der Waals surface area contributed by atoms with Gasteiger partial charge in [-0.2, -0.15) is 4.39 Å². The summed E-state index contributed by atoms with van der Waals surface area (Å²) in [6.45, 7) is 4.89. The Morgan fingerprint density at radius 2 is 2.16 bits per heavy atom. The number of nitro groups is 1. The first-order valence-corrected chi connectivity index (χ1v) is 6.11. The number of aliphatic hydroxyl groups is 1. The molecule has 0 fully saturated rings. The van der Waals surface area contributed by atoms with E-state index >= 15 is 0 Å². The van der Waals surface area contributed by atoms with Crippen LogP contribution in [-0.2, 0) is 6.54 Å². The molecule has 0 aliphatic carbocycles. The zero-order valence-electron chi connectivity index (χ0n) is 11.1. The summed E-state index contributed by atoms with van der Waals surface area (Å²) in [5, 5.41) is 22.6. The average molecular weight is 270 g/mol. The molecule has 0 aliphatic heterocycles. The van der Waals surface area contributed by atoms with Gasteiger partial charge < -0.3 is 10.4 Å². The number of hydrogen-bond donors (Lipinski definition) is 2. The minimum Gasteiger partial charge on any atom is -0.396 e. The van der Waals surface area contributed by atoms with E-state index in [0.29, 0.717) is 13.0 Å². The minimum absolute atomic E-state index is 0.0971. The quantitative estimate of drug-likeness (QED) is 0.588. The van der Waals surface area contributed by atoms with Crippen molar-refractivity contribution in [1.29, 1.82) is 0 Å². The summed E-state index contributed by atoms with van der Waals surface area (Å²) in [5.74, 6) is -0.792. The van der Waals surface area contributed by atoms with Gasteiger partial charge in [-0.05, 0) is 11.8 Å². The van der Waals surface area contributed by atoms with Gasteiger partial charge in [0.15, 0.2) is 0 Å². The third-order valence-electron chi connectivity index (χ3n) is 2.96. The molecule has 0 aliphatic rings. The number of halogens is 1. The van der Waals surface area contributed by atoms with E-state index < -0.39 is 16.4 Å². The fourth-order valence-electron chi connectivity index (χ4n) is 1.77. The SMILES string of the molecule is CC(C)(CCO)CNCc1cccc([N+](=O)[O-])c1F. The van der Waals surface area contributed by atoms with Crippen LogP contribution >= 0.6 is 0 Å². The Hall–Kier alpha value is -1.53. The lowest BCUT2D eigenvalue weighted by Gasteiger charge is -2.24. The second-order valence-electron chi connectivity index (χ2n) is 5.25. The monoisotopic (exact) mass is 270 g/mol. The molecule has 0 aromatic heterocycles. The highest BCUT2D eigenvalue weighted by Crippen LogP contribution is 2.21. The summed E-state index contributed by atoms with van der Waals surface area (Å²) in [4.78, 5) is 9.88. The first-order chi connectivity index (χ1) is 8.87. The third kappa shape index (κ3) is 4.57. The van der Waals surface area contributed by atoms with Crippen LogP contribution in [-0.4, -0.2) is 23.2 Å². The maximum atomic E-state index is 13.8. The van der Waals surface area contributed by atoms with Crippen molar-refractivity contribution in [3.63, 3.8) is 0 Å². The van der Waals surface area contributed by atoms with Crippen LogP contribution in [0.2, 0.25) is 0 Å². The van der Waals surface area contributed by atoms with E-state index in [9.17, 15) is 14.5 Å². The first-order valence-electron chi connectivity index (χ1n) is 6.11. The predicted molar refractivity (Wildman–Crippen MR) is 70.2 cm³/mol. The van der Waals surface area contributed by atoms with E-state index in [2.05, 4.69) is 5.32 Å². The normalized spacial score (nSPS) is 11.6. The zero-order valence-corrected chi connectivity index (χ0v) is 11.1. The van der Waals surface area contributed by atoms with Crippen LogP contribution in [0.15, 0.2) is 18.2 Å². The van der Waals surface area contributed by atoms with Crippen LogP contribution in [0, 0.1) is 21.3 Å². The average Bonchev–Trinajstić information content (AvgIpc) is 2.30. The molecule has 6 heteroatoms. The maximum absolute atomic E-state index is 13.8. The van der Waals surface area contributed by atoms with Crippen LogP contribution < -0.4 is 5.32 Å². The summed E-state index contributed by atoms with van der Waals surface area (Å²) in [7, 11) is 0. The summed E-state index contributed by atoms with van der Waals surface area (Å²) in [6.07, 6.45) is 0.636. The number of nitrogens with one attached hydrogen (secondary N) is 1. The van der Waals surface area contributed by atoms with Crippen LogP contribution in [0.3, 0.4) is 0 Å². The van der Waals surface area contributed by atoms with Crippen LogP contribution in [0.1, 0.15) is 25.8 Å². The van der Waals surface area contributed by atoms with E-state index in [1.807, 2.05) is 13.8 Å². The Morgan fingerprint density at radius 1 is 1.47 bits per heavy atom. The molecule has 1 aromatic rings. The highest BCUT2D eigenvalue weighted by atomic mass is 19.1. The molecule has 0 amide bonds. The molecule has 0 saturated carbocycles. The van der Waals surface area contributed by atoms with Crippen molar-refractivity contribution in [2.24, 2.45) is 5.41 Å². The molecule has 0 bridgehead atoms. The number of rotatable bonds is 7. The van der Waals surface area contributed by atoms with Crippen molar-refractivity contribution in [1.82, 2.24) is 5.32 Å². The molecule has 106 valence electrons. The summed E-state index contributed by atoms with van der Waals surface area (Å²) in [6, 6.07) is 4.14. The van der Waals surface area contributed by atoms with Crippen molar-refractivity contribution < 1.29 is 14.4 Å². The topological polar surface area (TPSA) is 75.4 Å². The zero-order chi connectivity index (χ0) is 14.5. The highest BCUT2D eigenvalue weighted by Gasteiger charge is 2.19. The Labute approximate surface area is 111 Å². The summed E-state index contributed by atoms with van der Waals surface area (Å²) in [5.41, 5.74) is -0.339. The molecular formula is C13H19FN2O3. The molecule has 0 saturated heterocycles. The second-order valence-corrected chi connectivity index (χ2v) is 5.25. The van der Waals surface area contributed by atoms with Crippen molar-refractivity contribution in [2.45, 2.75) is 26.8 Å². The number of nitrogens with zero attached hydrogens (tertiary/aromatic N) is 1. The van der Waals surface area contributed by atoms with Crippen LogP contribution in [0.25, 0.3) is 0 Å². The number of nitro benzene ring substituents is 1. The van der Waals surface area contributed by atoms with Gasteiger partial charge in [0.2, 0.25) is 5.82 Å². The number of hydrogen-bond acceptors (Lipinski definition) is 4. The van der Waals surface area contributed by atoms with E-state index in [-0.39, 0.29) is 24.1 Å². The predicted octanol–water partition coefficient (Wildman–Crippen LogP) is 2.23. The first kappa shape index (κ1) is 15.5. The lowest BCUT2D eigenvalue weighted by molar-refractivity contribution is -0.387. The number of aliphatic hydroxyl groups excluding tert-OH is 1. The largest absolute Gasteiger partial charge is 0.396 e. The van der Waals surface area contributed by atoms with Gasteiger partial charge in [-0.15, -0.1) is 0 Å². The van der Waals surface area contributed by atoms with Crippen LogP contribution in [0.4, 0.5) is 10.1 Å². The number of benzene rings is 1. The second kappa shape index (κ2) is 6.58. The maximum Gasteiger partial charge on any atom is 0.305 e. The molecule has 0 radical (unpaired) electrons. The minimum atomic E-state index is -0.792. The Balaban J connectivity index is 2.64. The summed E-state index contributed by atoms with van der Waals surface area (Å²) >= 11 is 0. The molecule has 2 N–H and O–H groups in total. The van der Waals surface area contributed by atoms with E-state index in [1.165, 1.54) is 12.1 Å². The Morgan fingerprint density at radius 3 is 2.74 bits per heavy atom. The Kier molecular flexibility index (Phi) is 5.38. The van der Waals surface area contributed by atoms with Crippen molar-refractivity contribution in [3.8, 4) is 0 Å². The Bertz CT molecular complexity index is 450. The molecular weight excluding hydrogens is 251 g/mol. The lowest BCUT2D eigenvalue weighted by atomic mass is 9.90. The highest BCUT2D eigenvalue weighted by molar-refractivity contribution is 5.36.